The van der Waals surface area contributed by atoms with Gasteiger partial charge >= 0.3 is 0 Å². The molecule has 0 amide bonds. The molecule has 1 saturated carbocycles. The van der Waals surface area contributed by atoms with Crippen molar-refractivity contribution in [3.8, 4) is 23.1 Å². The van der Waals surface area contributed by atoms with Gasteiger partial charge < -0.3 is 10.4 Å². The van der Waals surface area contributed by atoms with Crippen LogP contribution < -0.4 is 5.32 Å². The van der Waals surface area contributed by atoms with Gasteiger partial charge in [0.2, 0.25) is 0 Å². The number of anilines is 2. The smallest absolute Gasteiger partial charge is 0.159 e. The van der Waals surface area contributed by atoms with E-state index in [1.165, 1.54) is 19.2 Å². The first-order valence-corrected chi connectivity index (χ1v) is 11.8. The number of nitriles is 1. The molecule has 2 N–H and O–H groups in total. The maximum absolute atomic E-state index is 10.1. The molecule has 0 spiro atoms. The molecule has 1 atom stereocenters. The van der Waals surface area contributed by atoms with Gasteiger partial charge in [-0.15, -0.1) is 0 Å². The lowest BCUT2D eigenvalue weighted by molar-refractivity contribution is 0.197. The highest BCUT2D eigenvalue weighted by Crippen LogP contribution is 2.35. The molecule has 0 aliphatic heterocycles. The Morgan fingerprint density at radius 2 is 1.89 bits per heavy atom. The summed E-state index contributed by atoms with van der Waals surface area (Å²) in [4.78, 5) is 8.86. The van der Waals surface area contributed by atoms with Crippen molar-refractivity contribution in [2.45, 2.75) is 53.2 Å². The van der Waals surface area contributed by atoms with Crippen molar-refractivity contribution in [2.75, 3.05) is 5.32 Å². The summed E-state index contributed by atoms with van der Waals surface area (Å²) < 4.78 is 3.76. The van der Waals surface area contributed by atoms with Crippen LogP contribution in [0.3, 0.4) is 0 Å². The van der Waals surface area contributed by atoms with Gasteiger partial charge in [-0.25, -0.2) is 19.3 Å². The molecule has 1 aliphatic carbocycles. The Kier molecular flexibility index (Phi) is 5.83. The molecule has 1 unspecified atom stereocenters. The molecule has 9 heteroatoms. The first kappa shape index (κ1) is 22.7. The predicted octanol–water partition coefficient (Wildman–Crippen LogP) is 4.53. The second-order valence-corrected chi connectivity index (χ2v) is 9.20. The summed E-state index contributed by atoms with van der Waals surface area (Å²) >= 11 is 0. The topological polar surface area (TPSA) is 117 Å². The van der Waals surface area contributed by atoms with Gasteiger partial charge in [-0.3, -0.25) is 0 Å². The monoisotopic (exact) mass is 468 g/mol. The number of aryl methyl sites for hydroxylation is 1. The third-order valence-electron chi connectivity index (χ3n) is 6.49. The molecule has 9 nitrogen and oxygen atoms in total. The average molecular weight is 469 g/mol. The van der Waals surface area contributed by atoms with E-state index in [9.17, 15) is 5.11 Å². The molecular formula is C26H28N8O. The SMILES string of the molecule is Cc1nn(-c2cc(Nc3c(C)c(-c4ccc(C#N)cc4)nn3CC3CC3)ncn2)c(C)c1C(C)O. The number of rotatable bonds is 7. The summed E-state index contributed by atoms with van der Waals surface area (Å²) in [7, 11) is 0. The summed E-state index contributed by atoms with van der Waals surface area (Å²) in [5.74, 6) is 2.78. The minimum Gasteiger partial charge on any atom is -0.389 e. The average Bonchev–Trinajstić information content (AvgIpc) is 3.55. The van der Waals surface area contributed by atoms with E-state index in [4.69, 9.17) is 10.4 Å². The Labute approximate surface area is 204 Å². The summed E-state index contributed by atoms with van der Waals surface area (Å²) in [5.41, 5.74) is 5.92. The van der Waals surface area contributed by atoms with Crippen molar-refractivity contribution in [3.63, 3.8) is 0 Å². The number of aromatic nitrogens is 6. The molecule has 1 aromatic carbocycles. The Balaban J connectivity index is 1.51. The lowest BCUT2D eigenvalue weighted by Crippen LogP contribution is -2.09. The predicted molar refractivity (Wildman–Crippen MR) is 132 cm³/mol. The molecular weight excluding hydrogens is 440 g/mol. The van der Waals surface area contributed by atoms with E-state index < -0.39 is 6.10 Å². The summed E-state index contributed by atoms with van der Waals surface area (Å²) in [6.07, 6.45) is 3.33. The van der Waals surface area contributed by atoms with Gasteiger partial charge in [-0.1, -0.05) is 12.1 Å². The number of aliphatic hydroxyl groups excluding tert-OH is 1. The van der Waals surface area contributed by atoms with Crippen LogP contribution in [0, 0.1) is 38.0 Å². The van der Waals surface area contributed by atoms with Crippen LogP contribution in [0.5, 0.6) is 0 Å². The highest BCUT2D eigenvalue weighted by atomic mass is 16.3. The zero-order chi connectivity index (χ0) is 24.7. The Bertz CT molecular complexity index is 1420. The Morgan fingerprint density at radius 3 is 2.51 bits per heavy atom. The number of hydrogen-bond acceptors (Lipinski definition) is 7. The maximum atomic E-state index is 10.1. The van der Waals surface area contributed by atoms with E-state index >= 15 is 0 Å². The van der Waals surface area contributed by atoms with Crippen LogP contribution >= 0.6 is 0 Å². The van der Waals surface area contributed by atoms with Crippen LogP contribution in [-0.4, -0.2) is 34.6 Å². The van der Waals surface area contributed by atoms with Gasteiger partial charge in [-0.2, -0.15) is 15.5 Å². The van der Waals surface area contributed by atoms with Crippen LogP contribution in [0.2, 0.25) is 0 Å². The summed E-state index contributed by atoms with van der Waals surface area (Å²) in [5, 5.41) is 32.2. The molecule has 1 fully saturated rings. The van der Waals surface area contributed by atoms with E-state index in [1.807, 2.05) is 55.8 Å². The quantitative estimate of drug-likeness (QED) is 0.409. The minimum atomic E-state index is -0.608. The van der Waals surface area contributed by atoms with Crippen molar-refractivity contribution in [1.82, 2.24) is 29.5 Å². The third kappa shape index (κ3) is 4.40. The highest BCUT2D eigenvalue weighted by molar-refractivity contribution is 5.72. The largest absolute Gasteiger partial charge is 0.389 e. The second kappa shape index (κ2) is 8.96. The normalized spacial score (nSPS) is 14.1. The van der Waals surface area contributed by atoms with Crippen molar-refractivity contribution in [2.24, 2.45) is 5.92 Å². The van der Waals surface area contributed by atoms with E-state index in [0.717, 1.165) is 46.1 Å². The van der Waals surface area contributed by atoms with Crippen molar-refractivity contribution >= 4 is 11.6 Å². The third-order valence-corrected chi connectivity index (χ3v) is 6.49. The second-order valence-electron chi connectivity index (χ2n) is 9.20. The lowest BCUT2D eigenvalue weighted by atomic mass is 10.1. The molecule has 0 saturated heterocycles. The highest BCUT2D eigenvalue weighted by Gasteiger charge is 2.26. The van der Waals surface area contributed by atoms with Crippen LogP contribution in [0.1, 0.15) is 53.9 Å². The fourth-order valence-corrected chi connectivity index (χ4v) is 4.50. The van der Waals surface area contributed by atoms with Crippen LogP contribution in [0.25, 0.3) is 17.1 Å². The van der Waals surface area contributed by atoms with Crippen molar-refractivity contribution < 1.29 is 5.11 Å². The number of benzene rings is 1. The number of nitrogens with zero attached hydrogens (tertiary/aromatic N) is 7. The molecule has 3 aromatic heterocycles. The molecule has 0 bridgehead atoms. The standard InChI is InChI=1S/C26H28N8O/c1-15-25(21-9-7-19(12-27)8-10-21)32-33(13-20-5-6-20)26(15)30-22-11-23(29-14-28-22)34-17(3)24(18(4)35)16(2)31-34/h7-11,14,18,20,35H,5-6,13H2,1-4H3,(H,28,29,30). The lowest BCUT2D eigenvalue weighted by Gasteiger charge is -2.11. The summed E-state index contributed by atoms with van der Waals surface area (Å²) in [6.45, 7) is 8.44. The number of hydrogen-bond donors (Lipinski definition) is 2. The Hall–Kier alpha value is -4.03. The minimum absolute atomic E-state index is 0.608. The molecule has 5 rings (SSSR count). The molecule has 4 aromatic rings. The van der Waals surface area contributed by atoms with Gasteiger partial charge in [0.25, 0.3) is 0 Å². The van der Waals surface area contributed by atoms with Gasteiger partial charge in [0.15, 0.2) is 5.82 Å². The zero-order valence-electron chi connectivity index (χ0n) is 20.3. The molecule has 35 heavy (non-hydrogen) atoms. The van der Waals surface area contributed by atoms with Gasteiger partial charge in [-0.05, 0) is 58.6 Å². The first-order chi connectivity index (χ1) is 16.9. The van der Waals surface area contributed by atoms with Gasteiger partial charge in [0.1, 0.15) is 18.0 Å². The molecule has 3 heterocycles. The van der Waals surface area contributed by atoms with Crippen LogP contribution in [0.4, 0.5) is 11.6 Å². The molecule has 1 aliphatic rings. The number of nitrogens with one attached hydrogen (secondary N) is 1. The van der Waals surface area contributed by atoms with E-state index in [2.05, 4.69) is 26.5 Å². The van der Waals surface area contributed by atoms with Gasteiger partial charge in [0, 0.05) is 35.0 Å². The van der Waals surface area contributed by atoms with Crippen molar-refractivity contribution in [1.29, 1.82) is 5.26 Å². The van der Waals surface area contributed by atoms with E-state index in [-0.39, 0.29) is 0 Å². The summed E-state index contributed by atoms with van der Waals surface area (Å²) in [6, 6.07) is 11.5. The van der Waals surface area contributed by atoms with Crippen LogP contribution in [0.15, 0.2) is 36.7 Å². The Morgan fingerprint density at radius 1 is 1.14 bits per heavy atom. The van der Waals surface area contributed by atoms with Crippen molar-refractivity contribution in [3.05, 3.63) is 64.7 Å². The maximum Gasteiger partial charge on any atom is 0.159 e. The van der Waals surface area contributed by atoms with Gasteiger partial charge in [0.05, 0.1) is 29.1 Å². The fourth-order valence-electron chi connectivity index (χ4n) is 4.50. The van der Waals surface area contributed by atoms with E-state index in [1.54, 1.807) is 11.6 Å². The number of aliphatic hydroxyl groups is 1. The first-order valence-electron chi connectivity index (χ1n) is 11.8. The van der Waals surface area contributed by atoms with Crippen LogP contribution in [-0.2, 0) is 6.54 Å². The molecule has 178 valence electrons. The molecule has 0 radical (unpaired) electrons. The zero-order valence-corrected chi connectivity index (χ0v) is 20.3. The van der Waals surface area contributed by atoms with E-state index in [0.29, 0.717) is 23.1 Å². The fraction of sp³-hybridized carbons (Fsp3) is 0.346.